The van der Waals surface area contributed by atoms with E-state index in [1.165, 1.54) is 0 Å². The standard InChI is InChI=1S/C23H16FN3O/c24-27-22-11-8-19(14-20(22)15-23(27)28)18-4-2-16(3-5-18)17-6-9-21(10-7-17)26-13-1-12-25-26/h1-14H,15H2. The maximum absolute atomic E-state index is 13.7. The third-order valence-corrected chi connectivity index (χ3v) is 5.04. The van der Waals surface area contributed by atoms with Crippen molar-refractivity contribution in [1.29, 1.82) is 0 Å². The van der Waals surface area contributed by atoms with Crippen LogP contribution in [-0.2, 0) is 11.2 Å². The molecule has 1 aromatic heterocycles. The van der Waals surface area contributed by atoms with Gasteiger partial charge in [-0.15, -0.1) is 5.12 Å². The van der Waals surface area contributed by atoms with Crippen LogP contribution in [0.4, 0.5) is 10.2 Å². The van der Waals surface area contributed by atoms with E-state index in [-0.39, 0.29) is 11.5 Å². The zero-order valence-electron chi connectivity index (χ0n) is 14.9. The topological polar surface area (TPSA) is 38.1 Å². The first-order valence-electron chi connectivity index (χ1n) is 9.01. The Morgan fingerprint density at radius 3 is 2.07 bits per heavy atom. The molecule has 0 saturated heterocycles. The number of rotatable bonds is 3. The highest BCUT2D eigenvalue weighted by molar-refractivity contribution is 6.00. The zero-order chi connectivity index (χ0) is 19.1. The zero-order valence-corrected chi connectivity index (χ0v) is 14.9. The molecular formula is C23H16FN3O. The van der Waals surface area contributed by atoms with Gasteiger partial charge in [-0.1, -0.05) is 46.9 Å². The van der Waals surface area contributed by atoms with Crippen molar-refractivity contribution in [1.82, 2.24) is 9.78 Å². The predicted molar refractivity (Wildman–Crippen MR) is 107 cm³/mol. The molecule has 4 nitrogen and oxygen atoms in total. The summed E-state index contributed by atoms with van der Waals surface area (Å²) in [6.07, 6.45) is 3.78. The number of carbonyl (C=O) groups excluding carboxylic acids is 1. The number of carbonyl (C=O) groups is 1. The average molecular weight is 369 g/mol. The molecule has 136 valence electrons. The Bertz CT molecular complexity index is 1150. The predicted octanol–water partition coefficient (Wildman–Crippen LogP) is 4.98. The molecule has 5 heteroatoms. The number of halogens is 1. The van der Waals surface area contributed by atoms with Crippen LogP contribution in [0.25, 0.3) is 27.9 Å². The van der Waals surface area contributed by atoms with Crippen LogP contribution >= 0.6 is 0 Å². The molecule has 1 aliphatic heterocycles. The average Bonchev–Trinajstić information content (AvgIpc) is 3.37. The smallest absolute Gasteiger partial charge is 0.259 e. The summed E-state index contributed by atoms with van der Waals surface area (Å²) in [7, 11) is 0. The molecule has 0 N–H and O–H groups in total. The largest absolute Gasteiger partial charge is 0.272 e. The molecule has 28 heavy (non-hydrogen) atoms. The third-order valence-electron chi connectivity index (χ3n) is 5.04. The Morgan fingerprint density at radius 1 is 0.821 bits per heavy atom. The Labute approximate surface area is 161 Å². The van der Waals surface area contributed by atoms with Gasteiger partial charge in [0.25, 0.3) is 5.91 Å². The fraction of sp³-hybridized carbons (Fsp3) is 0.0435. The monoisotopic (exact) mass is 369 g/mol. The molecule has 0 aliphatic carbocycles. The van der Waals surface area contributed by atoms with E-state index in [1.807, 2.05) is 53.3 Å². The lowest BCUT2D eigenvalue weighted by molar-refractivity contribution is -0.119. The molecule has 0 radical (unpaired) electrons. The lowest BCUT2D eigenvalue weighted by Gasteiger charge is -2.08. The Balaban J connectivity index is 1.41. The molecule has 0 bridgehead atoms. The number of nitrogens with zero attached hydrogens (tertiary/aromatic N) is 3. The van der Waals surface area contributed by atoms with Gasteiger partial charge in [-0.25, -0.2) is 4.68 Å². The van der Waals surface area contributed by atoms with Crippen LogP contribution in [0, 0.1) is 0 Å². The molecule has 0 saturated carbocycles. The lowest BCUT2D eigenvalue weighted by Crippen LogP contribution is -2.15. The van der Waals surface area contributed by atoms with Crippen LogP contribution in [-0.4, -0.2) is 15.7 Å². The minimum atomic E-state index is -0.513. The summed E-state index contributed by atoms with van der Waals surface area (Å²) in [5.74, 6) is -0.513. The van der Waals surface area contributed by atoms with Gasteiger partial charge in [-0.3, -0.25) is 4.79 Å². The first-order valence-corrected chi connectivity index (χ1v) is 9.01. The molecule has 5 rings (SSSR count). The third kappa shape index (κ3) is 2.77. The van der Waals surface area contributed by atoms with E-state index in [0.29, 0.717) is 5.69 Å². The van der Waals surface area contributed by atoms with Crippen molar-refractivity contribution >= 4 is 11.6 Å². The van der Waals surface area contributed by atoms with Crippen molar-refractivity contribution in [3.05, 3.63) is 90.8 Å². The second-order valence-electron chi connectivity index (χ2n) is 6.77. The number of fused-ring (bicyclic) bond motifs is 1. The van der Waals surface area contributed by atoms with Gasteiger partial charge in [0.1, 0.15) is 0 Å². The molecule has 2 heterocycles. The molecule has 0 spiro atoms. The van der Waals surface area contributed by atoms with E-state index in [1.54, 1.807) is 12.3 Å². The van der Waals surface area contributed by atoms with Crippen LogP contribution in [0.2, 0.25) is 0 Å². The lowest BCUT2D eigenvalue weighted by atomic mass is 9.98. The number of benzene rings is 3. The Hall–Kier alpha value is -3.73. The van der Waals surface area contributed by atoms with E-state index in [2.05, 4.69) is 29.4 Å². The molecule has 3 aromatic carbocycles. The summed E-state index contributed by atoms with van der Waals surface area (Å²) in [6.45, 7) is 0. The quantitative estimate of drug-likeness (QED) is 0.478. The highest BCUT2D eigenvalue weighted by Gasteiger charge is 2.27. The van der Waals surface area contributed by atoms with Gasteiger partial charge < -0.3 is 0 Å². The van der Waals surface area contributed by atoms with Gasteiger partial charge in [0.15, 0.2) is 0 Å². The molecular weight excluding hydrogens is 353 g/mol. The maximum Gasteiger partial charge on any atom is 0.259 e. The second kappa shape index (κ2) is 6.46. The summed E-state index contributed by atoms with van der Waals surface area (Å²) in [6, 6.07) is 23.7. The van der Waals surface area contributed by atoms with E-state index >= 15 is 0 Å². The summed E-state index contributed by atoms with van der Waals surface area (Å²) in [5, 5.41) is 4.47. The van der Waals surface area contributed by atoms with E-state index in [4.69, 9.17) is 0 Å². The number of hydrogen-bond donors (Lipinski definition) is 0. The van der Waals surface area contributed by atoms with Gasteiger partial charge in [0.2, 0.25) is 0 Å². The number of amides is 1. The molecule has 0 fully saturated rings. The molecule has 0 unspecified atom stereocenters. The number of aromatic nitrogens is 2. The van der Waals surface area contributed by atoms with Crippen molar-refractivity contribution in [3.8, 4) is 27.9 Å². The van der Waals surface area contributed by atoms with Crippen molar-refractivity contribution in [2.24, 2.45) is 0 Å². The summed E-state index contributed by atoms with van der Waals surface area (Å²) in [4.78, 5) is 11.5. The van der Waals surface area contributed by atoms with Crippen LogP contribution in [0.1, 0.15) is 5.56 Å². The highest BCUT2D eigenvalue weighted by atomic mass is 19.2. The van der Waals surface area contributed by atoms with E-state index in [0.717, 1.165) is 33.5 Å². The Morgan fingerprint density at radius 2 is 1.43 bits per heavy atom. The van der Waals surface area contributed by atoms with Crippen molar-refractivity contribution in [3.63, 3.8) is 0 Å². The van der Waals surface area contributed by atoms with Crippen molar-refractivity contribution in [2.45, 2.75) is 6.42 Å². The summed E-state index contributed by atoms with van der Waals surface area (Å²) in [5.41, 5.74) is 6.33. The van der Waals surface area contributed by atoms with Crippen molar-refractivity contribution in [2.75, 3.05) is 5.12 Å². The SMILES string of the molecule is O=C1Cc2cc(-c3ccc(-c4ccc(-n5cccn5)cc4)cc3)ccc2N1F. The van der Waals surface area contributed by atoms with Gasteiger partial charge in [-0.05, 0) is 58.1 Å². The molecule has 1 amide bonds. The summed E-state index contributed by atoms with van der Waals surface area (Å²) < 4.78 is 15.5. The Kier molecular flexibility index (Phi) is 3.79. The van der Waals surface area contributed by atoms with Gasteiger partial charge in [0.05, 0.1) is 17.8 Å². The fourth-order valence-electron chi connectivity index (χ4n) is 3.55. The first kappa shape index (κ1) is 16.4. The van der Waals surface area contributed by atoms with Crippen LogP contribution in [0.5, 0.6) is 0 Å². The van der Waals surface area contributed by atoms with Crippen molar-refractivity contribution < 1.29 is 9.28 Å². The normalized spacial score (nSPS) is 13.0. The first-order chi connectivity index (χ1) is 13.7. The van der Waals surface area contributed by atoms with Gasteiger partial charge in [0, 0.05) is 12.4 Å². The highest BCUT2D eigenvalue weighted by Crippen LogP contribution is 2.34. The van der Waals surface area contributed by atoms with Crippen LogP contribution in [0.3, 0.4) is 0 Å². The second-order valence-corrected chi connectivity index (χ2v) is 6.77. The number of anilines is 1. The van der Waals surface area contributed by atoms with E-state index < -0.39 is 5.91 Å². The fourth-order valence-corrected chi connectivity index (χ4v) is 3.55. The van der Waals surface area contributed by atoms with Gasteiger partial charge in [-0.2, -0.15) is 5.10 Å². The van der Waals surface area contributed by atoms with Crippen LogP contribution < -0.4 is 5.12 Å². The number of hydrogen-bond acceptors (Lipinski definition) is 2. The minimum absolute atomic E-state index is 0.111. The van der Waals surface area contributed by atoms with Gasteiger partial charge >= 0.3 is 0 Å². The minimum Gasteiger partial charge on any atom is -0.272 e. The molecule has 1 aliphatic rings. The summed E-state index contributed by atoms with van der Waals surface area (Å²) >= 11 is 0. The van der Waals surface area contributed by atoms with E-state index in [9.17, 15) is 9.28 Å². The maximum atomic E-state index is 13.7. The molecule has 4 aromatic rings. The molecule has 0 atom stereocenters. The van der Waals surface area contributed by atoms with Crippen LogP contribution in [0.15, 0.2) is 85.2 Å².